The average Bonchev–Trinajstić information content (AvgIpc) is 2.71. The lowest BCUT2D eigenvalue weighted by Gasteiger charge is -2.34. The van der Waals surface area contributed by atoms with Crippen molar-refractivity contribution in [3.05, 3.63) is 0 Å². The van der Waals surface area contributed by atoms with Crippen LogP contribution in [-0.2, 0) is 4.79 Å². The Morgan fingerprint density at radius 3 is 2.62 bits per heavy atom. The van der Waals surface area contributed by atoms with E-state index in [-0.39, 0.29) is 0 Å². The van der Waals surface area contributed by atoms with Gasteiger partial charge in [0.25, 0.3) is 0 Å². The molecule has 3 heteroatoms. The van der Waals surface area contributed by atoms with E-state index in [0.29, 0.717) is 30.8 Å². The van der Waals surface area contributed by atoms with Gasteiger partial charge in [0.2, 0.25) is 5.91 Å². The Morgan fingerprint density at radius 1 is 1.38 bits per heavy atom. The highest BCUT2D eigenvalue weighted by Gasteiger charge is 2.35. The summed E-state index contributed by atoms with van der Waals surface area (Å²) in [6.07, 6.45) is 7.35. The summed E-state index contributed by atoms with van der Waals surface area (Å²) in [6, 6.07) is 0.435. The van der Waals surface area contributed by atoms with Crippen LogP contribution in [0.3, 0.4) is 0 Å². The lowest BCUT2D eigenvalue weighted by Crippen LogP contribution is -2.40. The van der Waals surface area contributed by atoms with Crippen LogP contribution in [0.4, 0.5) is 0 Å². The van der Waals surface area contributed by atoms with Gasteiger partial charge in [-0.2, -0.15) is 0 Å². The predicted octanol–water partition coefficient (Wildman–Crippen LogP) is 1.76. The zero-order valence-corrected chi connectivity index (χ0v) is 10.3. The van der Waals surface area contributed by atoms with E-state index in [4.69, 9.17) is 5.73 Å². The van der Waals surface area contributed by atoms with Crippen molar-refractivity contribution in [2.75, 3.05) is 13.1 Å². The summed E-state index contributed by atoms with van der Waals surface area (Å²) in [5, 5.41) is 0. The molecule has 0 aromatic carbocycles. The number of nitrogens with zero attached hydrogens (tertiary/aromatic N) is 1. The minimum absolute atomic E-state index is 0.327. The smallest absolute Gasteiger partial charge is 0.223 e. The van der Waals surface area contributed by atoms with Crippen LogP contribution in [0.25, 0.3) is 0 Å². The topological polar surface area (TPSA) is 46.3 Å². The van der Waals surface area contributed by atoms with Crippen molar-refractivity contribution in [3.8, 4) is 0 Å². The SMILES string of the molecule is C[C@@H](C1CCCCC1)N1CC(CN)CC1=O. The van der Waals surface area contributed by atoms with Gasteiger partial charge >= 0.3 is 0 Å². The largest absolute Gasteiger partial charge is 0.339 e. The van der Waals surface area contributed by atoms with E-state index in [9.17, 15) is 4.79 Å². The summed E-state index contributed by atoms with van der Waals surface area (Å²) >= 11 is 0. The molecule has 1 aliphatic heterocycles. The molecule has 0 spiro atoms. The molecule has 0 radical (unpaired) electrons. The number of carbonyl (C=O) groups excluding carboxylic acids is 1. The minimum Gasteiger partial charge on any atom is -0.339 e. The molecule has 3 nitrogen and oxygen atoms in total. The van der Waals surface area contributed by atoms with Crippen molar-refractivity contribution in [1.82, 2.24) is 4.90 Å². The summed E-state index contributed by atoms with van der Waals surface area (Å²) in [4.78, 5) is 14.0. The molecule has 2 aliphatic rings. The molecule has 2 atom stereocenters. The maximum absolute atomic E-state index is 11.9. The van der Waals surface area contributed by atoms with E-state index in [1.165, 1.54) is 32.1 Å². The first-order valence-corrected chi connectivity index (χ1v) is 6.72. The van der Waals surface area contributed by atoms with E-state index in [2.05, 4.69) is 11.8 Å². The van der Waals surface area contributed by atoms with E-state index in [1.54, 1.807) is 0 Å². The Balaban J connectivity index is 1.93. The molecule has 16 heavy (non-hydrogen) atoms. The van der Waals surface area contributed by atoms with Crippen LogP contribution in [0, 0.1) is 11.8 Å². The highest BCUT2D eigenvalue weighted by molar-refractivity contribution is 5.79. The fraction of sp³-hybridized carbons (Fsp3) is 0.923. The highest BCUT2D eigenvalue weighted by atomic mass is 16.2. The fourth-order valence-electron chi connectivity index (χ4n) is 3.23. The van der Waals surface area contributed by atoms with Crippen molar-refractivity contribution >= 4 is 5.91 Å². The zero-order valence-electron chi connectivity index (χ0n) is 10.3. The van der Waals surface area contributed by atoms with Crippen molar-refractivity contribution in [3.63, 3.8) is 0 Å². The Bertz CT molecular complexity index is 248. The Hall–Kier alpha value is -0.570. The van der Waals surface area contributed by atoms with Crippen LogP contribution in [0.2, 0.25) is 0 Å². The monoisotopic (exact) mass is 224 g/mol. The van der Waals surface area contributed by atoms with E-state index >= 15 is 0 Å². The molecule has 2 fully saturated rings. The Morgan fingerprint density at radius 2 is 2.06 bits per heavy atom. The zero-order chi connectivity index (χ0) is 11.5. The molecule has 1 unspecified atom stereocenters. The first-order chi connectivity index (χ1) is 7.72. The summed E-state index contributed by atoms with van der Waals surface area (Å²) in [5.74, 6) is 1.46. The summed E-state index contributed by atoms with van der Waals surface area (Å²) in [6.45, 7) is 3.78. The molecule has 2 N–H and O–H groups in total. The molecule has 1 saturated heterocycles. The molecule has 1 heterocycles. The first-order valence-electron chi connectivity index (χ1n) is 6.72. The first kappa shape index (κ1) is 11.9. The molecule has 92 valence electrons. The third kappa shape index (κ3) is 2.40. The van der Waals surface area contributed by atoms with Crippen molar-refractivity contribution in [1.29, 1.82) is 0 Å². The predicted molar refractivity (Wildman–Crippen MR) is 64.9 cm³/mol. The van der Waals surface area contributed by atoms with Gasteiger partial charge in [-0.05, 0) is 38.1 Å². The van der Waals surface area contributed by atoms with Crippen molar-refractivity contribution in [2.45, 2.75) is 51.5 Å². The number of rotatable bonds is 3. The van der Waals surface area contributed by atoms with Crippen molar-refractivity contribution < 1.29 is 4.79 Å². The second-order valence-corrected chi connectivity index (χ2v) is 5.49. The number of hydrogen-bond donors (Lipinski definition) is 1. The van der Waals surface area contributed by atoms with Gasteiger partial charge in [-0.1, -0.05) is 19.3 Å². The van der Waals surface area contributed by atoms with Gasteiger partial charge in [-0.3, -0.25) is 4.79 Å². The fourth-order valence-corrected chi connectivity index (χ4v) is 3.23. The Labute approximate surface area is 98.4 Å². The molecular formula is C13H24N2O. The molecule has 0 aromatic rings. The van der Waals surface area contributed by atoms with E-state index in [1.807, 2.05) is 0 Å². The maximum atomic E-state index is 11.9. The second kappa shape index (κ2) is 5.17. The molecule has 1 saturated carbocycles. The number of amides is 1. The van der Waals surface area contributed by atoms with Gasteiger partial charge in [-0.15, -0.1) is 0 Å². The average molecular weight is 224 g/mol. The molecular weight excluding hydrogens is 200 g/mol. The van der Waals surface area contributed by atoms with Gasteiger partial charge in [0.05, 0.1) is 0 Å². The van der Waals surface area contributed by atoms with Crippen LogP contribution >= 0.6 is 0 Å². The van der Waals surface area contributed by atoms with Crippen LogP contribution in [-0.4, -0.2) is 29.9 Å². The van der Waals surface area contributed by atoms with E-state index in [0.717, 1.165) is 12.5 Å². The summed E-state index contributed by atoms with van der Waals surface area (Å²) < 4.78 is 0. The van der Waals surface area contributed by atoms with Crippen LogP contribution in [0.1, 0.15) is 45.4 Å². The van der Waals surface area contributed by atoms with Crippen LogP contribution in [0.5, 0.6) is 0 Å². The van der Waals surface area contributed by atoms with Crippen molar-refractivity contribution in [2.24, 2.45) is 17.6 Å². The molecule has 1 amide bonds. The third-order valence-electron chi connectivity index (χ3n) is 4.40. The molecule has 2 rings (SSSR count). The van der Waals surface area contributed by atoms with Gasteiger partial charge in [0.15, 0.2) is 0 Å². The summed E-state index contributed by atoms with van der Waals surface area (Å²) in [5.41, 5.74) is 5.66. The van der Waals surface area contributed by atoms with Crippen LogP contribution in [0.15, 0.2) is 0 Å². The number of likely N-dealkylation sites (tertiary alicyclic amines) is 1. The van der Waals surface area contributed by atoms with Crippen LogP contribution < -0.4 is 5.73 Å². The Kier molecular flexibility index (Phi) is 3.85. The number of hydrogen-bond acceptors (Lipinski definition) is 2. The normalized spacial score (nSPS) is 29.8. The number of nitrogens with two attached hydrogens (primary N) is 1. The van der Waals surface area contributed by atoms with Gasteiger partial charge < -0.3 is 10.6 Å². The lowest BCUT2D eigenvalue weighted by molar-refractivity contribution is -0.130. The van der Waals surface area contributed by atoms with Gasteiger partial charge in [0, 0.05) is 19.0 Å². The second-order valence-electron chi connectivity index (χ2n) is 5.49. The van der Waals surface area contributed by atoms with Gasteiger partial charge in [-0.25, -0.2) is 0 Å². The third-order valence-corrected chi connectivity index (χ3v) is 4.40. The standard InChI is InChI=1S/C13H24N2O/c1-10(12-5-3-2-4-6-12)15-9-11(8-14)7-13(15)16/h10-12H,2-9,14H2,1H3/t10-,11?/m0/s1. The quantitative estimate of drug-likeness (QED) is 0.794. The van der Waals surface area contributed by atoms with Gasteiger partial charge in [0.1, 0.15) is 0 Å². The molecule has 1 aliphatic carbocycles. The molecule has 0 bridgehead atoms. The highest BCUT2D eigenvalue weighted by Crippen LogP contribution is 2.31. The minimum atomic E-state index is 0.327. The lowest BCUT2D eigenvalue weighted by atomic mass is 9.84. The maximum Gasteiger partial charge on any atom is 0.223 e. The van der Waals surface area contributed by atoms with E-state index < -0.39 is 0 Å². The molecule has 0 aromatic heterocycles. The summed E-state index contributed by atoms with van der Waals surface area (Å²) in [7, 11) is 0. The number of carbonyl (C=O) groups is 1.